The zero-order valence-corrected chi connectivity index (χ0v) is 17.6. The van der Waals surface area contributed by atoms with Crippen molar-refractivity contribution in [1.82, 2.24) is 0 Å². The average Bonchev–Trinajstić information content (AvgIpc) is 3.05. The molecule has 0 atom stereocenters. The largest absolute Gasteiger partial charge is 0.456 e. The number of rotatable bonds is 3. The van der Waals surface area contributed by atoms with Crippen molar-refractivity contribution < 1.29 is 33.3 Å². The normalized spacial score (nSPS) is 14.3. The van der Waals surface area contributed by atoms with Gasteiger partial charge in [0.25, 0.3) is 0 Å². The van der Waals surface area contributed by atoms with E-state index in [4.69, 9.17) is 24.8 Å². The van der Waals surface area contributed by atoms with Gasteiger partial charge in [-0.05, 0) is 36.4 Å². The van der Waals surface area contributed by atoms with Crippen LogP contribution >= 0.6 is 0 Å². The maximum absolute atomic E-state index is 13.0. The molecule has 5 rings (SSSR count). The molecule has 0 fully saturated rings. The minimum Gasteiger partial charge on any atom is -0.456 e. The summed E-state index contributed by atoms with van der Waals surface area (Å²) in [4.78, 5) is 35.9. The van der Waals surface area contributed by atoms with Gasteiger partial charge in [0.05, 0.1) is 5.56 Å². The highest BCUT2D eigenvalue weighted by Crippen LogP contribution is 2.57. The number of nitrogens with two attached hydrogens (primary N) is 1. The average molecular weight is 446 g/mol. The van der Waals surface area contributed by atoms with E-state index in [0.717, 1.165) is 0 Å². The summed E-state index contributed by atoms with van der Waals surface area (Å²) in [5, 5.41) is 0. The molecule has 2 aliphatic rings. The lowest BCUT2D eigenvalue weighted by Gasteiger charge is -2.36. The predicted octanol–water partition coefficient (Wildman–Crippen LogP) is 3.39. The number of benzene rings is 3. The van der Waals surface area contributed by atoms with Gasteiger partial charge in [-0.1, -0.05) is 6.07 Å². The number of carbonyl (C=O) groups is 3. The molecule has 2 heterocycles. The number of carbonyl (C=O) groups excluding carboxylic acids is 3. The van der Waals surface area contributed by atoms with E-state index in [-0.39, 0.29) is 11.5 Å². The number of ether oxygens (including phenoxy) is 4. The summed E-state index contributed by atoms with van der Waals surface area (Å²) in [5.41, 5.74) is 3.78. The van der Waals surface area contributed by atoms with Gasteiger partial charge in [0.15, 0.2) is 5.60 Å². The fourth-order valence-electron chi connectivity index (χ4n) is 4.24. The van der Waals surface area contributed by atoms with E-state index in [2.05, 4.69) is 5.43 Å². The molecule has 2 aliphatic heterocycles. The summed E-state index contributed by atoms with van der Waals surface area (Å²) < 4.78 is 22.5. The fraction of sp³-hybridized carbons (Fsp3) is 0.125. The first-order valence-electron chi connectivity index (χ1n) is 10.00. The molecule has 9 nitrogen and oxygen atoms in total. The summed E-state index contributed by atoms with van der Waals surface area (Å²) in [6.45, 7) is 2.58. The number of hydrogen-bond acceptors (Lipinski definition) is 9. The lowest BCUT2D eigenvalue weighted by molar-refractivity contribution is -0.132. The number of fused-ring (bicyclic) bond motifs is 6. The molecule has 0 aromatic heterocycles. The topological polar surface area (TPSA) is 126 Å². The summed E-state index contributed by atoms with van der Waals surface area (Å²) in [6, 6.07) is 14.8. The van der Waals surface area contributed by atoms with E-state index < -0.39 is 23.5 Å². The van der Waals surface area contributed by atoms with Gasteiger partial charge in [-0.2, -0.15) is 0 Å². The highest BCUT2D eigenvalue weighted by atomic mass is 16.6. The van der Waals surface area contributed by atoms with Crippen LogP contribution in [0, 0.1) is 0 Å². The van der Waals surface area contributed by atoms with Gasteiger partial charge in [0.2, 0.25) is 0 Å². The Morgan fingerprint density at radius 1 is 0.848 bits per heavy atom. The fourth-order valence-corrected chi connectivity index (χ4v) is 4.24. The Morgan fingerprint density at radius 2 is 1.39 bits per heavy atom. The Labute approximate surface area is 188 Å². The van der Waals surface area contributed by atoms with Crippen LogP contribution in [-0.4, -0.2) is 17.9 Å². The smallest absolute Gasteiger partial charge is 0.340 e. The van der Waals surface area contributed by atoms with Crippen molar-refractivity contribution in [2.24, 2.45) is 5.84 Å². The first-order valence-corrected chi connectivity index (χ1v) is 10.00. The van der Waals surface area contributed by atoms with Crippen molar-refractivity contribution in [1.29, 1.82) is 0 Å². The Hall–Kier alpha value is -4.37. The molecule has 3 N–H and O–H groups in total. The lowest BCUT2D eigenvalue weighted by atomic mass is 9.77. The Bertz CT molecular complexity index is 1280. The number of hydrazine groups is 1. The van der Waals surface area contributed by atoms with Gasteiger partial charge >= 0.3 is 17.9 Å². The third-order valence-corrected chi connectivity index (χ3v) is 5.44. The molecule has 0 unspecified atom stereocenters. The number of hydrogen-bond donors (Lipinski definition) is 2. The Balaban J connectivity index is 1.76. The molecule has 3 aromatic carbocycles. The minimum atomic E-state index is -1.33. The van der Waals surface area contributed by atoms with E-state index in [1.807, 2.05) is 0 Å². The SMILES string of the molecule is CC(=O)Oc1ccc2c(c1)Oc1cc(OC(C)=O)ccc1C21OC(=O)c2cc(NN)ccc21. The van der Waals surface area contributed by atoms with Crippen LogP contribution in [0.1, 0.15) is 40.9 Å². The molecular weight excluding hydrogens is 428 g/mol. The zero-order valence-electron chi connectivity index (χ0n) is 17.6. The minimum absolute atomic E-state index is 0.267. The van der Waals surface area contributed by atoms with Crippen LogP contribution in [0.2, 0.25) is 0 Å². The number of esters is 3. The lowest BCUT2D eigenvalue weighted by Crippen LogP contribution is -2.33. The van der Waals surface area contributed by atoms with Crippen molar-refractivity contribution in [3.63, 3.8) is 0 Å². The van der Waals surface area contributed by atoms with Crippen molar-refractivity contribution in [2.45, 2.75) is 19.4 Å². The molecule has 0 saturated carbocycles. The summed E-state index contributed by atoms with van der Waals surface area (Å²) in [7, 11) is 0. The van der Waals surface area contributed by atoms with E-state index >= 15 is 0 Å². The quantitative estimate of drug-likeness (QED) is 0.269. The summed E-state index contributed by atoms with van der Waals surface area (Å²) in [5.74, 6) is 5.19. The Kier molecular flexibility index (Phi) is 4.57. The third kappa shape index (κ3) is 3.17. The first-order chi connectivity index (χ1) is 15.8. The molecule has 0 aliphatic carbocycles. The molecule has 166 valence electrons. The molecular formula is C24H18N2O7. The van der Waals surface area contributed by atoms with Crippen LogP contribution in [0.4, 0.5) is 5.69 Å². The number of anilines is 1. The van der Waals surface area contributed by atoms with E-state index in [0.29, 0.717) is 39.4 Å². The van der Waals surface area contributed by atoms with Crippen LogP contribution in [-0.2, 0) is 19.9 Å². The maximum atomic E-state index is 13.0. The van der Waals surface area contributed by atoms with Crippen LogP contribution < -0.4 is 25.5 Å². The Morgan fingerprint density at radius 3 is 1.91 bits per heavy atom. The molecule has 0 radical (unpaired) electrons. The maximum Gasteiger partial charge on any atom is 0.340 e. The van der Waals surface area contributed by atoms with E-state index in [1.165, 1.54) is 13.8 Å². The second-order valence-corrected chi connectivity index (χ2v) is 7.58. The third-order valence-electron chi connectivity index (χ3n) is 5.44. The highest BCUT2D eigenvalue weighted by Gasteiger charge is 2.53. The van der Waals surface area contributed by atoms with Gasteiger partial charge in [0, 0.05) is 48.4 Å². The highest BCUT2D eigenvalue weighted by molar-refractivity contribution is 5.98. The van der Waals surface area contributed by atoms with Crippen LogP contribution in [0.25, 0.3) is 0 Å². The van der Waals surface area contributed by atoms with E-state index in [1.54, 1.807) is 54.6 Å². The number of nitrogen functional groups attached to an aromatic ring is 1. The molecule has 0 amide bonds. The van der Waals surface area contributed by atoms with Crippen LogP contribution in [0.3, 0.4) is 0 Å². The first kappa shape index (κ1) is 20.5. The van der Waals surface area contributed by atoms with Crippen LogP contribution in [0.5, 0.6) is 23.0 Å². The monoisotopic (exact) mass is 446 g/mol. The van der Waals surface area contributed by atoms with Gasteiger partial charge < -0.3 is 24.4 Å². The second-order valence-electron chi connectivity index (χ2n) is 7.58. The van der Waals surface area contributed by atoms with Gasteiger partial charge in [-0.15, -0.1) is 0 Å². The van der Waals surface area contributed by atoms with Crippen molar-refractivity contribution in [2.75, 3.05) is 5.43 Å². The van der Waals surface area contributed by atoms with Crippen molar-refractivity contribution in [3.8, 4) is 23.0 Å². The molecule has 1 spiro atoms. The summed E-state index contributed by atoms with van der Waals surface area (Å²) in [6.07, 6.45) is 0. The van der Waals surface area contributed by atoms with Crippen molar-refractivity contribution in [3.05, 3.63) is 76.9 Å². The van der Waals surface area contributed by atoms with Gasteiger partial charge in [-0.25, -0.2) is 4.79 Å². The van der Waals surface area contributed by atoms with Crippen LogP contribution in [0.15, 0.2) is 54.6 Å². The summed E-state index contributed by atoms with van der Waals surface area (Å²) >= 11 is 0. The molecule has 33 heavy (non-hydrogen) atoms. The van der Waals surface area contributed by atoms with Crippen molar-refractivity contribution >= 4 is 23.6 Å². The van der Waals surface area contributed by atoms with Gasteiger partial charge in [-0.3, -0.25) is 15.4 Å². The molecule has 9 heteroatoms. The number of nitrogens with one attached hydrogen (secondary N) is 1. The van der Waals surface area contributed by atoms with Gasteiger partial charge in [0.1, 0.15) is 23.0 Å². The molecule has 0 saturated heterocycles. The standard InChI is InChI=1S/C24H18N2O7/c1-12(27)30-15-4-7-19-21(10-15)32-22-11-16(31-13(2)28)5-8-20(22)24(19)18-6-3-14(26-25)9-17(18)23(29)33-24/h3-11,26H,25H2,1-2H3. The second kappa shape index (κ2) is 7.35. The van der Waals surface area contributed by atoms with E-state index in [9.17, 15) is 14.4 Å². The predicted molar refractivity (Wildman–Crippen MR) is 115 cm³/mol. The molecule has 3 aromatic rings. The zero-order chi connectivity index (χ0) is 23.3. The molecule has 0 bridgehead atoms.